The van der Waals surface area contributed by atoms with Gasteiger partial charge in [-0.25, -0.2) is 0 Å². The molecule has 0 aliphatic heterocycles. The molecule has 1 aliphatic carbocycles. The zero-order chi connectivity index (χ0) is 27.0. The van der Waals surface area contributed by atoms with Gasteiger partial charge in [0.05, 0.1) is 5.69 Å². The summed E-state index contributed by atoms with van der Waals surface area (Å²) in [6.45, 7) is 3.86. The summed E-state index contributed by atoms with van der Waals surface area (Å²) < 4.78 is 4.04. The second-order valence-electron chi connectivity index (χ2n) is 9.79. The number of carbonyl (C=O) groups excluding carboxylic acids is 3. The van der Waals surface area contributed by atoms with Crippen LogP contribution >= 0.6 is 11.5 Å². The van der Waals surface area contributed by atoms with Crippen LogP contribution in [-0.2, 0) is 4.79 Å². The van der Waals surface area contributed by atoms with E-state index in [1.165, 1.54) is 4.90 Å². The maximum Gasteiger partial charge on any atom is 0.273 e. The molecule has 1 atom stereocenters. The lowest BCUT2D eigenvalue weighted by molar-refractivity contribution is -0.123. The van der Waals surface area contributed by atoms with Crippen molar-refractivity contribution in [2.24, 2.45) is 5.73 Å². The molecule has 5 rings (SSSR count). The summed E-state index contributed by atoms with van der Waals surface area (Å²) in [5.41, 5.74) is 15.3. The number of H-pyrrole nitrogens is 1. The quantitative estimate of drug-likeness (QED) is 0.280. The first-order valence-corrected chi connectivity index (χ1v) is 13.4. The molecule has 0 spiro atoms. The van der Waals surface area contributed by atoms with Crippen molar-refractivity contribution >= 4 is 51.5 Å². The maximum absolute atomic E-state index is 14.3. The highest BCUT2D eigenvalue weighted by Gasteiger charge is 2.38. The average Bonchev–Trinajstić information content (AvgIpc) is 3.63. The number of aryl methyl sites for hydroxylation is 2. The third kappa shape index (κ3) is 4.63. The predicted molar refractivity (Wildman–Crippen MR) is 149 cm³/mol. The number of nitrogens with one attached hydrogen (secondary N) is 2. The molecule has 0 bridgehead atoms. The second-order valence-corrected chi connectivity index (χ2v) is 10.6. The van der Waals surface area contributed by atoms with Gasteiger partial charge in [-0.05, 0) is 55.9 Å². The molecular weight excluding hydrogens is 500 g/mol. The van der Waals surface area contributed by atoms with Crippen LogP contribution in [0.5, 0.6) is 0 Å². The second kappa shape index (κ2) is 10.3. The van der Waals surface area contributed by atoms with Crippen LogP contribution in [0.15, 0.2) is 48.7 Å². The first-order chi connectivity index (χ1) is 18.3. The van der Waals surface area contributed by atoms with Crippen molar-refractivity contribution in [3.8, 4) is 0 Å². The smallest absolute Gasteiger partial charge is 0.273 e. The van der Waals surface area contributed by atoms with Gasteiger partial charge in [0.15, 0.2) is 5.69 Å². The molecule has 10 heteroatoms. The van der Waals surface area contributed by atoms with E-state index in [1.54, 1.807) is 6.20 Å². The Kier molecular flexibility index (Phi) is 6.90. The number of nitrogens with zero attached hydrogens (tertiary/aromatic N) is 2. The van der Waals surface area contributed by atoms with Crippen molar-refractivity contribution in [2.45, 2.75) is 51.6 Å². The van der Waals surface area contributed by atoms with Gasteiger partial charge in [-0.2, -0.15) is 4.37 Å². The van der Waals surface area contributed by atoms with Gasteiger partial charge in [-0.3, -0.25) is 19.3 Å². The molecule has 6 N–H and O–H groups in total. The number of nitrogen functional groups attached to an aromatic ring is 1. The van der Waals surface area contributed by atoms with E-state index in [0.717, 1.165) is 59.2 Å². The fraction of sp³-hybridized carbons (Fsp3) is 0.286. The number of fused-ring (bicyclic) bond motifs is 1. The summed E-state index contributed by atoms with van der Waals surface area (Å²) in [6, 6.07) is 12.4. The Balaban J connectivity index is 1.71. The molecule has 4 aromatic rings. The van der Waals surface area contributed by atoms with Crippen LogP contribution in [-0.4, -0.2) is 33.1 Å². The first kappa shape index (κ1) is 25.5. The molecule has 0 saturated heterocycles. The van der Waals surface area contributed by atoms with Crippen molar-refractivity contribution in [2.75, 3.05) is 10.6 Å². The van der Waals surface area contributed by atoms with E-state index < -0.39 is 17.9 Å². The molecule has 1 saturated carbocycles. The monoisotopic (exact) mass is 530 g/mol. The number of primary amides is 1. The molecule has 2 aromatic carbocycles. The molecular formula is C28H30N6O3S. The van der Waals surface area contributed by atoms with Gasteiger partial charge in [-0.1, -0.05) is 48.7 Å². The predicted octanol–water partition coefficient (Wildman–Crippen LogP) is 4.37. The molecule has 2 heterocycles. The Hall–Kier alpha value is -4.18. The lowest BCUT2D eigenvalue weighted by Gasteiger charge is -2.33. The Bertz CT molecular complexity index is 1530. The fourth-order valence-corrected chi connectivity index (χ4v) is 5.99. The molecule has 9 nitrogen and oxygen atoms in total. The molecule has 3 amide bonds. The van der Waals surface area contributed by atoms with Crippen molar-refractivity contribution in [3.63, 3.8) is 0 Å². The minimum atomic E-state index is -1.01. The molecule has 1 unspecified atom stereocenters. The zero-order valence-electron chi connectivity index (χ0n) is 21.3. The van der Waals surface area contributed by atoms with E-state index in [4.69, 9.17) is 11.5 Å². The Morgan fingerprint density at radius 1 is 1.13 bits per heavy atom. The topological polar surface area (TPSA) is 147 Å². The maximum atomic E-state index is 14.3. The van der Waals surface area contributed by atoms with E-state index in [-0.39, 0.29) is 28.2 Å². The van der Waals surface area contributed by atoms with Crippen LogP contribution in [0, 0.1) is 13.8 Å². The summed E-state index contributed by atoms with van der Waals surface area (Å²) in [7, 11) is 0. The number of benzene rings is 2. The summed E-state index contributed by atoms with van der Waals surface area (Å²) in [5.74, 6) is -1.63. The molecule has 1 fully saturated rings. The lowest BCUT2D eigenvalue weighted by Crippen LogP contribution is -2.46. The van der Waals surface area contributed by atoms with Crippen LogP contribution in [0.3, 0.4) is 0 Å². The number of rotatable bonds is 7. The van der Waals surface area contributed by atoms with Gasteiger partial charge < -0.3 is 21.8 Å². The SMILES string of the molecule is Cc1ccc(N(C(=O)c2snc(C(N)=O)c2N)C(C(=O)NC2CCCC2)c2c[nH]c3ccccc23)c(C)c1. The van der Waals surface area contributed by atoms with Gasteiger partial charge in [0.25, 0.3) is 11.8 Å². The van der Waals surface area contributed by atoms with Crippen LogP contribution in [0.2, 0.25) is 0 Å². The van der Waals surface area contributed by atoms with Gasteiger partial charge in [0.1, 0.15) is 10.9 Å². The molecule has 196 valence electrons. The highest BCUT2D eigenvalue weighted by molar-refractivity contribution is 7.09. The normalized spacial score (nSPS) is 14.5. The van der Waals surface area contributed by atoms with Crippen molar-refractivity contribution < 1.29 is 14.4 Å². The molecule has 2 aromatic heterocycles. The van der Waals surface area contributed by atoms with Gasteiger partial charge in [0.2, 0.25) is 5.91 Å². The van der Waals surface area contributed by atoms with Gasteiger partial charge >= 0.3 is 0 Å². The molecule has 38 heavy (non-hydrogen) atoms. The van der Waals surface area contributed by atoms with E-state index >= 15 is 0 Å². The van der Waals surface area contributed by atoms with E-state index in [0.29, 0.717) is 11.3 Å². The number of para-hydroxylation sites is 1. The van der Waals surface area contributed by atoms with Crippen LogP contribution in [0.1, 0.15) is 68.6 Å². The number of nitrogens with two attached hydrogens (primary N) is 2. The third-order valence-electron chi connectivity index (χ3n) is 7.11. The summed E-state index contributed by atoms with van der Waals surface area (Å²) in [4.78, 5) is 45.1. The average molecular weight is 531 g/mol. The Labute approximate surface area is 224 Å². The number of amides is 3. The van der Waals surface area contributed by atoms with E-state index in [2.05, 4.69) is 14.7 Å². The number of aromatic nitrogens is 2. The van der Waals surface area contributed by atoms with Crippen LogP contribution in [0.25, 0.3) is 10.9 Å². The zero-order valence-corrected chi connectivity index (χ0v) is 22.1. The largest absolute Gasteiger partial charge is 0.395 e. The minimum Gasteiger partial charge on any atom is -0.395 e. The summed E-state index contributed by atoms with van der Waals surface area (Å²) in [6.07, 6.45) is 5.67. The highest BCUT2D eigenvalue weighted by Crippen LogP contribution is 2.37. The van der Waals surface area contributed by atoms with E-state index in [1.807, 2.05) is 56.3 Å². The van der Waals surface area contributed by atoms with Gasteiger partial charge in [0, 0.05) is 34.4 Å². The summed E-state index contributed by atoms with van der Waals surface area (Å²) >= 11 is 0.801. The standard InChI is InChI=1S/C28H30N6O3S/c1-15-11-12-21(16(2)13-15)34(28(37)25-22(29)23(26(30)35)33-38-25)24(27(36)32-17-7-3-4-8-17)19-14-31-20-10-6-5-9-18(19)20/h5-6,9-14,17,24,31H,3-4,7-8,29H2,1-2H3,(H2,30,35)(H,32,36). The number of hydrogen-bond acceptors (Lipinski definition) is 6. The molecule has 0 radical (unpaired) electrons. The summed E-state index contributed by atoms with van der Waals surface area (Å²) in [5, 5.41) is 4.02. The Morgan fingerprint density at radius 3 is 2.55 bits per heavy atom. The van der Waals surface area contributed by atoms with Crippen molar-refractivity contribution in [1.29, 1.82) is 0 Å². The lowest BCUT2D eigenvalue weighted by atomic mass is 9.99. The minimum absolute atomic E-state index is 0.0428. The van der Waals surface area contributed by atoms with Gasteiger partial charge in [-0.15, -0.1) is 0 Å². The van der Waals surface area contributed by atoms with E-state index in [9.17, 15) is 14.4 Å². The number of hydrogen-bond donors (Lipinski definition) is 4. The Morgan fingerprint density at radius 2 is 1.87 bits per heavy atom. The fourth-order valence-electron chi connectivity index (χ4n) is 5.25. The van der Waals surface area contributed by atoms with Crippen LogP contribution < -0.4 is 21.7 Å². The molecule has 1 aliphatic rings. The third-order valence-corrected chi connectivity index (χ3v) is 7.96. The van der Waals surface area contributed by atoms with Crippen molar-refractivity contribution in [3.05, 3.63) is 75.9 Å². The number of anilines is 2. The first-order valence-electron chi connectivity index (χ1n) is 12.6. The van der Waals surface area contributed by atoms with Crippen molar-refractivity contribution in [1.82, 2.24) is 14.7 Å². The number of carbonyl (C=O) groups is 3. The van der Waals surface area contributed by atoms with Crippen LogP contribution in [0.4, 0.5) is 11.4 Å². The number of aromatic amines is 1. The highest BCUT2D eigenvalue weighted by atomic mass is 32.1.